The van der Waals surface area contributed by atoms with Gasteiger partial charge in [0.25, 0.3) is 0 Å². The Morgan fingerprint density at radius 1 is 0.547 bits per heavy atom. The fraction of sp³-hybridized carbons (Fsp3) is 0.914. The molecule has 75 heavy (non-hydrogen) atoms. The first kappa shape index (κ1) is 51.5. The molecule has 12 bridgehead atoms. The van der Waals surface area contributed by atoms with Gasteiger partial charge in [-0.05, 0) is 93.6 Å². The SMILES string of the molecule is C=C1CC2CCC34CC5OC6C(OC7CCC(CC(=O)OC8C(CC9OC(CCC1O2)CC(C)C9=C)OC1CC2OC9(CC(O)C(C(C)CC%10CC(C)C%11OC(C)C(O)CC%11O%10)O9)CC2OC1C8C)OC7C6O3)C5O4. The molecule has 15 aliphatic heterocycles. The van der Waals surface area contributed by atoms with Crippen molar-refractivity contribution >= 4 is 5.97 Å². The summed E-state index contributed by atoms with van der Waals surface area (Å²) in [6.45, 7) is 19.7. The molecule has 0 aliphatic carbocycles. The molecule has 0 aromatic heterocycles. The van der Waals surface area contributed by atoms with Gasteiger partial charge in [-0.1, -0.05) is 40.9 Å². The van der Waals surface area contributed by atoms with E-state index in [-0.39, 0.29) is 140 Å². The van der Waals surface area contributed by atoms with Crippen LogP contribution in [0.25, 0.3) is 0 Å². The molecule has 15 saturated heterocycles. The minimum Gasteiger partial charge on any atom is -0.459 e. The van der Waals surface area contributed by atoms with Crippen molar-refractivity contribution in [1.29, 1.82) is 0 Å². The first-order valence-corrected chi connectivity index (χ1v) is 29.6. The van der Waals surface area contributed by atoms with Gasteiger partial charge in [-0.25, -0.2) is 0 Å². The largest absolute Gasteiger partial charge is 0.459 e. The van der Waals surface area contributed by atoms with Crippen molar-refractivity contribution in [1.82, 2.24) is 0 Å². The van der Waals surface area contributed by atoms with E-state index < -0.39 is 60.4 Å². The molecule has 31 unspecified atom stereocenters. The fourth-order valence-electron chi connectivity index (χ4n) is 17.1. The van der Waals surface area contributed by atoms with Crippen molar-refractivity contribution in [3.05, 3.63) is 24.3 Å². The zero-order chi connectivity index (χ0) is 51.4. The minimum absolute atomic E-state index is 0.0142. The third-order valence-electron chi connectivity index (χ3n) is 21.0. The van der Waals surface area contributed by atoms with Gasteiger partial charge in [0.05, 0.1) is 122 Å². The second-order valence-electron chi connectivity index (χ2n) is 26.3. The summed E-state index contributed by atoms with van der Waals surface area (Å²) < 4.78 is 95.4. The number of hydrogen-bond donors (Lipinski definition) is 2. The van der Waals surface area contributed by atoms with Crippen molar-refractivity contribution in [2.45, 2.75) is 308 Å². The highest BCUT2D eigenvalue weighted by molar-refractivity contribution is 5.70. The van der Waals surface area contributed by atoms with Crippen molar-refractivity contribution in [3.63, 3.8) is 0 Å². The summed E-state index contributed by atoms with van der Waals surface area (Å²) >= 11 is 0. The molecule has 31 atom stereocenters. The zero-order valence-electron chi connectivity index (χ0n) is 44.7. The van der Waals surface area contributed by atoms with Crippen LogP contribution < -0.4 is 0 Å². The van der Waals surface area contributed by atoms with E-state index in [0.29, 0.717) is 57.8 Å². The van der Waals surface area contributed by atoms with E-state index in [2.05, 4.69) is 40.9 Å². The molecular weight excluding hydrogens is 969 g/mol. The Morgan fingerprint density at radius 3 is 2.15 bits per heavy atom. The summed E-state index contributed by atoms with van der Waals surface area (Å²) in [7, 11) is 0. The number of aliphatic hydroxyl groups is 2. The fourth-order valence-corrected chi connectivity index (χ4v) is 17.1. The van der Waals surface area contributed by atoms with Crippen molar-refractivity contribution in [2.24, 2.45) is 23.7 Å². The predicted molar refractivity (Wildman–Crippen MR) is 264 cm³/mol. The molecule has 15 aliphatic rings. The number of rotatable bonds is 3. The van der Waals surface area contributed by atoms with Crippen molar-refractivity contribution in [2.75, 3.05) is 0 Å². The molecule has 17 heteroatoms. The molecule has 17 nitrogen and oxygen atoms in total. The second-order valence-corrected chi connectivity index (χ2v) is 26.3. The first-order chi connectivity index (χ1) is 36.0. The average molecular weight is 1050 g/mol. The van der Waals surface area contributed by atoms with Gasteiger partial charge in [-0.15, -0.1) is 0 Å². The van der Waals surface area contributed by atoms with Gasteiger partial charge in [-0.3, -0.25) is 4.79 Å². The Kier molecular flexibility index (Phi) is 13.4. The van der Waals surface area contributed by atoms with Crippen LogP contribution in [0.5, 0.6) is 0 Å². The van der Waals surface area contributed by atoms with E-state index in [9.17, 15) is 15.0 Å². The molecule has 418 valence electrons. The van der Waals surface area contributed by atoms with Gasteiger partial charge in [0, 0.05) is 50.9 Å². The van der Waals surface area contributed by atoms with E-state index in [1.54, 1.807) is 0 Å². The lowest BCUT2D eigenvalue weighted by Gasteiger charge is -2.50. The van der Waals surface area contributed by atoms with Crippen molar-refractivity contribution < 1.29 is 81.3 Å². The Balaban J connectivity index is 0.685. The molecule has 0 aromatic carbocycles. The van der Waals surface area contributed by atoms with Crippen LogP contribution in [0.15, 0.2) is 24.3 Å². The third kappa shape index (κ3) is 9.19. The van der Waals surface area contributed by atoms with E-state index in [1.807, 2.05) is 6.92 Å². The Labute approximate surface area is 441 Å². The molecule has 15 heterocycles. The topological polar surface area (TPSA) is 187 Å². The van der Waals surface area contributed by atoms with E-state index in [1.165, 1.54) is 0 Å². The molecule has 0 radical (unpaired) electrons. The molecular formula is C58H84O17. The lowest BCUT2D eigenvalue weighted by Crippen LogP contribution is -2.62. The molecule has 15 fully saturated rings. The van der Waals surface area contributed by atoms with E-state index >= 15 is 0 Å². The van der Waals surface area contributed by atoms with Gasteiger partial charge in [-0.2, -0.15) is 0 Å². The van der Waals surface area contributed by atoms with Crippen LogP contribution in [0.2, 0.25) is 0 Å². The second kappa shape index (κ2) is 19.5. The average Bonchev–Trinajstić information content (AvgIpc) is 4.16. The number of esters is 1. The summed E-state index contributed by atoms with van der Waals surface area (Å²) in [5, 5.41) is 22.3. The summed E-state index contributed by atoms with van der Waals surface area (Å²) in [6, 6.07) is 0. The highest BCUT2D eigenvalue weighted by Crippen LogP contribution is 2.56. The smallest absolute Gasteiger partial charge is 0.308 e. The zero-order valence-corrected chi connectivity index (χ0v) is 44.7. The van der Waals surface area contributed by atoms with Crippen LogP contribution in [0.4, 0.5) is 0 Å². The normalized spacial score (nSPS) is 57.6. The summed E-state index contributed by atoms with van der Waals surface area (Å²) in [5.74, 6) is -1.92. The van der Waals surface area contributed by atoms with Gasteiger partial charge >= 0.3 is 5.97 Å². The summed E-state index contributed by atoms with van der Waals surface area (Å²) in [6.07, 6.45) is 3.58. The van der Waals surface area contributed by atoms with Crippen LogP contribution >= 0.6 is 0 Å². The summed E-state index contributed by atoms with van der Waals surface area (Å²) in [4.78, 5) is 14.5. The third-order valence-corrected chi connectivity index (χ3v) is 21.0. The minimum atomic E-state index is -1.00. The quantitative estimate of drug-likeness (QED) is 0.254. The van der Waals surface area contributed by atoms with Crippen LogP contribution in [-0.2, 0) is 71.1 Å². The Hall–Kier alpha value is -1.65. The molecule has 0 amide bonds. The molecule has 15 rings (SSSR count). The maximum absolute atomic E-state index is 14.5. The maximum atomic E-state index is 14.5. The predicted octanol–water partition coefficient (Wildman–Crippen LogP) is 5.84. The van der Waals surface area contributed by atoms with Gasteiger partial charge < -0.3 is 76.5 Å². The standard InChI is InChI=1S/C58H84O17/c1-25-14-32-8-10-38-26(2)15-34(63-38)12-13-57-24-46-53(74-57)54-55(70-46)56(75-57)52-39(68-54)11-9-33(66-52)18-47(61)71-51-30(6)50-44(67-43(51)20-40(64-32)29(25)5)21-41-45(69-50)23-58(72-41)22-37(60)48(73-58)27(3)16-35-17-28(4)49-42(65-35)19-36(59)31(7)62-49/h25,27-28,30-46,48-56,59-60H,2,5,8-24H2,1,3-4,6-7H3. The molecule has 2 spiro atoms. The highest BCUT2D eigenvalue weighted by atomic mass is 16.8. The van der Waals surface area contributed by atoms with Gasteiger partial charge in [0.2, 0.25) is 0 Å². The van der Waals surface area contributed by atoms with Gasteiger partial charge in [0.15, 0.2) is 11.6 Å². The van der Waals surface area contributed by atoms with Crippen LogP contribution in [0.1, 0.15) is 144 Å². The number of carbonyl (C=O) groups is 1. The Morgan fingerprint density at radius 2 is 1.28 bits per heavy atom. The van der Waals surface area contributed by atoms with Gasteiger partial charge in [0.1, 0.15) is 36.6 Å². The molecule has 0 saturated carbocycles. The Bertz CT molecular complexity index is 2180. The first-order valence-electron chi connectivity index (χ1n) is 29.6. The number of fused-ring (bicyclic) bond motifs is 9. The van der Waals surface area contributed by atoms with Crippen LogP contribution in [0.3, 0.4) is 0 Å². The number of aliphatic hydroxyl groups excluding tert-OH is 2. The number of hydrogen-bond acceptors (Lipinski definition) is 17. The lowest BCUT2D eigenvalue weighted by atomic mass is 9.79. The van der Waals surface area contributed by atoms with E-state index in [4.69, 9.17) is 66.3 Å². The monoisotopic (exact) mass is 1050 g/mol. The van der Waals surface area contributed by atoms with Crippen LogP contribution in [-0.4, -0.2) is 180 Å². The number of ether oxygens (including phenoxy) is 14. The molecule has 2 N–H and O–H groups in total. The highest BCUT2D eigenvalue weighted by Gasteiger charge is 2.69. The van der Waals surface area contributed by atoms with Crippen molar-refractivity contribution in [3.8, 4) is 0 Å². The molecule has 0 aromatic rings. The number of carbonyl (C=O) groups excluding carboxylic acids is 1. The maximum Gasteiger partial charge on any atom is 0.308 e. The lowest BCUT2D eigenvalue weighted by molar-refractivity contribution is -0.293. The van der Waals surface area contributed by atoms with Crippen LogP contribution in [0, 0.1) is 23.7 Å². The van der Waals surface area contributed by atoms with E-state index in [0.717, 1.165) is 56.1 Å². The summed E-state index contributed by atoms with van der Waals surface area (Å²) in [5.41, 5.74) is 2.15.